The van der Waals surface area contributed by atoms with Gasteiger partial charge < -0.3 is 5.32 Å². The van der Waals surface area contributed by atoms with Crippen molar-refractivity contribution in [1.29, 1.82) is 0 Å². The van der Waals surface area contributed by atoms with Crippen molar-refractivity contribution >= 4 is 21.6 Å². The van der Waals surface area contributed by atoms with Gasteiger partial charge in [-0.2, -0.15) is 4.31 Å². The second-order valence-corrected chi connectivity index (χ2v) is 9.05. The minimum Gasteiger partial charge on any atom is -0.326 e. The third kappa shape index (κ3) is 4.39. The highest BCUT2D eigenvalue weighted by Crippen LogP contribution is 2.28. The molecule has 1 aliphatic heterocycles. The summed E-state index contributed by atoms with van der Waals surface area (Å²) in [4.78, 5) is 11.8. The first kappa shape index (κ1) is 19.4. The lowest BCUT2D eigenvalue weighted by atomic mass is 10.0. The molecule has 0 aromatic heterocycles. The zero-order chi connectivity index (χ0) is 20.3. The Hall–Kier alpha value is -2.96. The number of anilines is 1. The number of amides is 1. The Kier molecular flexibility index (Phi) is 5.47. The van der Waals surface area contributed by atoms with E-state index in [-0.39, 0.29) is 23.9 Å². The van der Waals surface area contributed by atoms with Gasteiger partial charge in [-0.25, -0.2) is 8.42 Å². The molecule has 1 N–H and O–H groups in total. The van der Waals surface area contributed by atoms with Gasteiger partial charge in [0.15, 0.2) is 0 Å². The van der Waals surface area contributed by atoms with Crippen molar-refractivity contribution in [3.63, 3.8) is 0 Å². The number of nitrogens with one attached hydrogen (secondary N) is 1. The molecule has 1 heterocycles. The standard InChI is InChI=1S/C23H22N2O3S/c26-23-14-11-20-15-21(12-13-22(20)24-23)29(27,28)25(16-18-7-3-1-4-8-18)17-19-9-5-2-6-10-19/h1-10,12-13,15H,11,14,16-17H2,(H,24,26). The molecule has 5 nitrogen and oxygen atoms in total. The number of carbonyl (C=O) groups excluding carboxylic acids is 1. The lowest BCUT2D eigenvalue weighted by molar-refractivity contribution is -0.116. The maximum atomic E-state index is 13.5. The zero-order valence-electron chi connectivity index (χ0n) is 15.9. The normalized spacial score (nSPS) is 13.8. The maximum absolute atomic E-state index is 13.5. The van der Waals surface area contributed by atoms with E-state index in [1.54, 1.807) is 18.2 Å². The molecule has 29 heavy (non-hydrogen) atoms. The van der Waals surface area contributed by atoms with Crippen molar-refractivity contribution in [2.24, 2.45) is 0 Å². The smallest absolute Gasteiger partial charge is 0.243 e. The topological polar surface area (TPSA) is 66.5 Å². The highest BCUT2D eigenvalue weighted by molar-refractivity contribution is 7.89. The van der Waals surface area contributed by atoms with Crippen molar-refractivity contribution < 1.29 is 13.2 Å². The predicted molar refractivity (Wildman–Crippen MR) is 113 cm³/mol. The van der Waals surface area contributed by atoms with Crippen LogP contribution in [0.5, 0.6) is 0 Å². The molecule has 0 spiro atoms. The van der Waals surface area contributed by atoms with Gasteiger partial charge in [-0.1, -0.05) is 60.7 Å². The SMILES string of the molecule is O=C1CCc2cc(S(=O)(=O)N(Cc3ccccc3)Cc3ccccc3)ccc2N1. The molecule has 0 bridgehead atoms. The molecule has 4 rings (SSSR count). The van der Waals surface area contributed by atoms with Gasteiger partial charge in [0, 0.05) is 25.2 Å². The van der Waals surface area contributed by atoms with Crippen LogP contribution in [0.4, 0.5) is 5.69 Å². The molecular formula is C23H22N2O3S. The Balaban J connectivity index is 1.69. The van der Waals surface area contributed by atoms with E-state index in [2.05, 4.69) is 5.32 Å². The van der Waals surface area contributed by atoms with Gasteiger partial charge in [0.25, 0.3) is 0 Å². The molecule has 0 radical (unpaired) electrons. The number of hydrogen-bond donors (Lipinski definition) is 1. The van der Waals surface area contributed by atoms with Crippen LogP contribution in [0.2, 0.25) is 0 Å². The average molecular weight is 407 g/mol. The minimum atomic E-state index is -3.72. The van der Waals surface area contributed by atoms with Gasteiger partial charge in [-0.3, -0.25) is 4.79 Å². The third-order valence-electron chi connectivity index (χ3n) is 5.01. The number of sulfonamides is 1. The monoisotopic (exact) mass is 406 g/mol. The lowest BCUT2D eigenvalue weighted by Gasteiger charge is -2.24. The van der Waals surface area contributed by atoms with E-state index in [9.17, 15) is 13.2 Å². The van der Waals surface area contributed by atoms with Crippen molar-refractivity contribution in [1.82, 2.24) is 4.31 Å². The van der Waals surface area contributed by atoms with E-state index in [0.717, 1.165) is 16.7 Å². The summed E-state index contributed by atoms with van der Waals surface area (Å²) in [7, 11) is -3.72. The van der Waals surface area contributed by atoms with E-state index in [1.165, 1.54) is 4.31 Å². The molecule has 0 fully saturated rings. The summed E-state index contributed by atoms with van der Waals surface area (Å²) in [5.74, 6) is -0.0390. The second kappa shape index (κ2) is 8.19. The van der Waals surface area contributed by atoms with Gasteiger partial charge >= 0.3 is 0 Å². The van der Waals surface area contributed by atoms with Crippen LogP contribution >= 0.6 is 0 Å². The first-order chi connectivity index (χ1) is 14.0. The molecule has 0 saturated heterocycles. The molecule has 6 heteroatoms. The van der Waals surface area contributed by atoms with E-state index in [1.807, 2.05) is 60.7 Å². The van der Waals surface area contributed by atoms with Crippen LogP contribution in [-0.4, -0.2) is 18.6 Å². The molecule has 148 valence electrons. The molecule has 1 aliphatic rings. The Morgan fingerprint density at radius 2 is 1.38 bits per heavy atom. The molecule has 3 aromatic rings. The number of rotatable bonds is 6. The fourth-order valence-corrected chi connectivity index (χ4v) is 4.94. The Morgan fingerprint density at radius 1 is 0.793 bits per heavy atom. The summed E-state index contributed by atoms with van der Waals surface area (Å²) in [6.07, 6.45) is 0.913. The summed E-state index contributed by atoms with van der Waals surface area (Å²) in [6, 6.07) is 24.1. The van der Waals surface area contributed by atoms with E-state index in [0.29, 0.717) is 18.5 Å². The van der Waals surface area contributed by atoms with Crippen molar-refractivity contribution in [2.45, 2.75) is 30.8 Å². The van der Waals surface area contributed by atoms with Gasteiger partial charge in [0.05, 0.1) is 4.90 Å². The van der Waals surface area contributed by atoms with Crippen LogP contribution in [0, 0.1) is 0 Å². The summed E-state index contributed by atoms with van der Waals surface area (Å²) >= 11 is 0. The average Bonchev–Trinajstić information content (AvgIpc) is 2.74. The summed E-state index contributed by atoms with van der Waals surface area (Å²) < 4.78 is 28.6. The fraction of sp³-hybridized carbons (Fsp3) is 0.174. The highest BCUT2D eigenvalue weighted by atomic mass is 32.2. The third-order valence-corrected chi connectivity index (χ3v) is 6.80. The van der Waals surface area contributed by atoms with Crippen LogP contribution in [0.1, 0.15) is 23.1 Å². The fourth-order valence-electron chi connectivity index (χ4n) is 3.47. The molecule has 0 unspecified atom stereocenters. The first-order valence-corrected chi connectivity index (χ1v) is 11.0. The molecular weight excluding hydrogens is 384 g/mol. The first-order valence-electron chi connectivity index (χ1n) is 9.53. The minimum absolute atomic E-state index is 0.0390. The molecule has 0 aliphatic carbocycles. The van der Waals surface area contributed by atoms with E-state index < -0.39 is 10.0 Å². The van der Waals surface area contributed by atoms with Crippen molar-refractivity contribution in [2.75, 3.05) is 5.32 Å². The van der Waals surface area contributed by atoms with Gasteiger partial charge in [0.1, 0.15) is 0 Å². The van der Waals surface area contributed by atoms with E-state index >= 15 is 0 Å². The van der Waals surface area contributed by atoms with Gasteiger partial charge in [-0.15, -0.1) is 0 Å². The largest absolute Gasteiger partial charge is 0.326 e. The second-order valence-electron chi connectivity index (χ2n) is 7.11. The van der Waals surface area contributed by atoms with Crippen LogP contribution in [0.25, 0.3) is 0 Å². The zero-order valence-corrected chi connectivity index (χ0v) is 16.7. The summed E-state index contributed by atoms with van der Waals surface area (Å²) in [5.41, 5.74) is 3.40. The molecule has 1 amide bonds. The Labute approximate surface area is 171 Å². The highest BCUT2D eigenvalue weighted by Gasteiger charge is 2.27. The molecule has 0 atom stereocenters. The van der Waals surface area contributed by atoms with Gasteiger partial charge in [-0.05, 0) is 41.3 Å². The van der Waals surface area contributed by atoms with Gasteiger partial charge in [0.2, 0.25) is 15.9 Å². The molecule has 3 aromatic carbocycles. The number of aryl methyl sites for hydroxylation is 1. The number of benzene rings is 3. The van der Waals surface area contributed by atoms with Crippen molar-refractivity contribution in [3.05, 3.63) is 95.6 Å². The quantitative estimate of drug-likeness (QED) is 0.674. The number of fused-ring (bicyclic) bond motifs is 1. The Morgan fingerprint density at radius 3 is 1.97 bits per heavy atom. The predicted octanol–water partition coefficient (Wildman–Crippen LogP) is 3.96. The van der Waals surface area contributed by atoms with Crippen LogP contribution < -0.4 is 5.32 Å². The lowest BCUT2D eigenvalue weighted by Crippen LogP contribution is -2.30. The van der Waals surface area contributed by atoms with Crippen LogP contribution in [0.3, 0.4) is 0 Å². The summed E-state index contributed by atoms with van der Waals surface area (Å²) in [5, 5.41) is 2.80. The number of carbonyl (C=O) groups is 1. The Bertz CT molecular complexity index is 1070. The van der Waals surface area contributed by atoms with E-state index in [4.69, 9.17) is 0 Å². The van der Waals surface area contributed by atoms with Crippen LogP contribution in [-0.2, 0) is 34.3 Å². The maximum Gasteiger partial charge on any atom is 0.243 e. The summed E-state index contributed by atoms with van der Waals surface area (Å²) in [6.45, 7) is 0.567. The number of nitrogens with zero attached hydrogens (tertiary/aromatic N) is 1. The van der Waals surface area contributed by atoms with Crippen molar-refractivity contribution in [3.8, 4) is 0 Å². The molecule has 0 saturated carbocycles. The van der Waals surface area contributed by atoms with Crippen LogP contribution in [0.15, 0.2) is 83.8 Å². The number of hydrogen-bond acceptors (Lipinski definition) is 3.